The molecule has 0 heterocycles. The van der Waals surface area contributed by atoms with E-state index in [1.165, 1.54) is 7.11 Å². The molecule has 2 aromatic carbocycles. The molecular formula is C17H19NO3. The van der Waals surface area contributed by atoms with Gasteiger partial charge in [-0.05, 0) is 29.8 Å². The maximum Gasteiger partial charge on any atom is 0.309 e. The quantitative estimate of drug-likeness (QED) is 0.790. The smallest absolute Gasteiger partial charge is 0.309 e. The lowest BCUT2D eigenvalue weighted by Gasteiger charge is -2.17. The molecule has 0 atom stereocenters. The molecule has 0 radical (unpaired) electrons. The first-order valence-electron chi connectivity index (χ1n) is 6.70. The average Bonchev–Trinajstić information content (AvgIpc) is 2.48. The van der Waals surface area contributed by atoms with Gasteiger partial charge < -0.3 is 14.4 Å². The Morgan fingerprint density at radius 3 is 2.57 bits per heavy atom. The van der Waals surface area contributed by atoms with E-state index < -0.39 is 0 Å². The predicted octanol–water partition coefficient (Wildman–Crippen LogP) is 3.26. The first kappa shape index (κ1) is 14.9. The number of nitrogens with zero attached hydrogens (tertiary/aromatic N) is 1. The van der Waals surface area contributed by atoms with Crippen molar-refractivity contribution in [1.29, 1.82) is 0 Å². The normalized spacial score (nSPS) is 10.0. The zero-order valence-corrected chi connectivity index (χ0v) is 12.5. The Balaban J connectivity index is 2.20. The monoisotopic (exact) mass is 285 g/mol. The Bertz CT molecular complexity index is 623. The van der Waals surface area contributed by atoms with E-state index in [1.54, 1.807) is 0 Å². The summed E-state index contributed by atoms with van der Waals surface area (Å²) in [5, 5.41) is 0. The standard InChI is InChI=1S/C17H19NO3/c1-18(2)15-9-4-5-10-16(15)21-14-8-6-7-13(11-14)12-17(19)20-3/h4-11H,12H2,1-3H3. The van der Waals surface area contributed by atoms with Crippen LogP contribution in [0.3, 0.4) is 0 Å². The van der Waals surface area contributed by atoms with Crippen molar-refractivity contribution in [1.82, 2.24) is 0 Å². The van der Waals surface area contributed by atoms with E-state index in [4.69, 9.17) is 4.74 Å². The highest BCUT2D eigenvalue weighted by Crippen LogP contribution is 2.31. The summed E-state index contributed by atoms with van der Waals surface area (Å²) in [5.74, 6) is 1.21. The third kappa shape index (κ3) is 3.99. The second-order valence-corrected chi connectivity index (χ2v) is 4.86. The van der Waals surface area contributed by atoms with Crippen LogP contribution in [0, 0.1) is 0 Å². The number of methoxy groups -OCH3 is 1. The number of benzene rings is 2. The fourth-order valence-corrected chi connectivity index (χ4v) is 2.00. The lowest BCUT2D eigenvalue weighted by Crippen LogP contribution is -2.09. The fourth-order valence-electron chi connectivity index (χ4n) is 2.00. The van der Waals surface area contributed by atoms with Gasteiger partial charge in [0.25, 0.3) is 0 Å². The summed E-state index contributed by atoms with van der Waals surface area (Å²) >= 11 is 0. The van der Waals surface area contributed by atoms with Crippen LogP contribution in [-0.2, 0) is 16.0 Å². The van der Waals surface area contributed by atoms with E-state index >= 15 is 0 Å². The predicted molar refractivity (Wildman–Crippen MR) is 83.0 cm³/mol. The van der Waals surface area contributed by atoms with Crippen LogP contribution in [0.15, 0.2) is 48.5 Å². The maximum atomic E-state index is 11.3. The number of para-hydroxylation sites is 2. The highest BCUT2D eigenvalue weighted by atomic mass is 16.5. The average molecular weight is 285 g/mol. The van der Waals surface area contributed by atoms with Crippen molar-refractivity contribution in [2.75, 3.05) is 26.1 Å². The number of hydrogen-bond donors (Lipinski definition) is 0. The van der Waals surface area contributed by atoms with Gasteiger partial charge in [-0.25, -0.2) is 0 Å². The lowest BCUT2D eigenvalue weighted by atomic mass is 10.1. The van der Waals surface area contributed by atoms with Gasteiger partial charge in [0.15, 0.2) is 5.75 Å². The van der Waals surface area contributed by atoms with E-state index in [0.717, 1.165) is 17.0 Å². The highest BCUT2D eigenvalue weighted by Gasteiger charge is 2.08. The molecule has 0 saturated heterocycles. The Hall–Kier alpha value is -2.49. The summed E-state index contributed by atoms with van der Waals surface area (Å²) in [7, 11) is 5.32. The Kier molecular flexibility index (Phi) is 4.82. The van der Waals surface area contributed by atoms with Crippen LogP contribution in [-0.4, -0.2) is 27.2 Å². The van der Waals surface area contributed by atoms with E-state index in [0.29, 0.717) is 5.75 Å². The fraction of sp³-hybridized carbons (Fsp3) is 0.235. The van der Waals surface area contributed by atoms with Gasteiger partial charge in [0.05, 0.1) is 19.2 Å². The number of rotatable bonds is 5. The van der Waals surface area contributed by atoms with Crippen molar-refractivity contribution in [3.8, 4) is 11.5 Å². The molecule has 0 amide bonds. The molecule has 0 aliphatic carbocycles. The summed E-state index contributed by atoms with van der Waals surface area (Å²) < 4.78 is 10.6. The summed E-state index contributed by atoms with van der Waals surface area (Å²) in [6, 6.07) is 15.3. The molecule has 0 spiro atoms. The van der Waals surface area contributed by atoms with Gasteiger partial charge in [0, 0.05) is 14.1 Å². The molecule has 4 nitrogen and oxygen atoms in total. The third-order valence-corrected chi connectivity index (χ3v) is 3.05. The van der Waals surface area contributed by atoms with Gasteiger partial charge in [-0.2, -0.15) is 0 Å². The largest absolute Gasteiger partial charge is 0.469 e. The van der Waals surface area contributed by atoms with E-state index in [-0.39, 0.29) is 12.4 Å². The van der Waals surface area contributed by atoms with Crippen molar-refractivity contribution in [3.63, 3.8) is 0 Å². The van der Waals surface area contributed by atoms with Crippen molar-refractivity contribution >= 4 is 11.7 Å². The molecule has 0 aliphatic rings. The van der Waals surface area contributed by atoms with Gasteiger partial charge in [0.2, 0.25) is 0 Å². The van der Waals surface area contributed by atoms with Crippen LogP contribution in [0.5, 0.6) is 11.5 Å². The molecule has 0 bridgehead atoms. The summed E-state index contributed by atoms with van der Waals surface area (Å²) in [4.78, 5) is 13.3. The van der Waals surface area contributed by atoms with Crippen LogP contribution in [0.4, 0.5) is 5.69 Å². The second kappa shape index (κ2) is 6.79. The summed E-state index contributed by atoms with van der Waals surface area (Å²) in [5.41, 5.74) is 1.86. The molecule has 0 unspecified atom stereocenters. The van der Waals surface area contributed by atoms with Gasteiger partial charge in [-0.1, -0.05) is 24.3 Å². The first-order chi connectivity index (χ1) is 10.1. The van der Waals surface area contributed by atoms with Crippen LogP contribution in [0.1, 0.15) is 5.56 Å². The molecule has 0 aromatic heterocycles. The van der Waals surface area contributed by atoms with Crippen LogP contribution < -0.4 is 9.64 Å². The third-order valence-electron chi connectivity index (χ3n) is 3.05. The SMILES string of the molecule is COC(=O)Cc1cccc(Oc2ccccc2N(C)C)c1. The van der Waals surface area contributed by atoms with Gasteiger partial charge in [-0.3, -0.25) is 4.79 Å². The lowest BCUT2D eigenvalue weighted by molar-refractivity contribution is -0.139. The van der Waals surface area contributed by atoms with Gasteiger partial charge >= 0.3 is 5.97 Å². The minimum Gasteiger partial charge on any atom is -0.469 e. The summed E-state index contributed by atoms with van der Waals surface area (Å²) in [6.45, 7) is 0. The number of anilines is 1. The number of hydrogen-bond acceptors (Lipinski definition) is 4. The van der Waals surface area contributed by atoms with Crippen molar-refractivity contribution in [2.24, 2.45) is 0 Å². The number of esters is 1. The molecule has 0 fully saturated rings. The molecule has 0 saturated carbocycles. The van der Waals surface area contributed by atoms with Crippen molar-refractivity contribution < 1.29 is 14.3 Å². The topological polar surface area (TPSA) is 38.8 Å². The summed E-state index contributed by atoms with van der Waals surface area (Å²) in [6.07, 6.45) is 0.239. The van der Waals surface area contributed by atoms with Crippen LogP contribution >= 0.6 is 0 Å². The van der Waals surface area contributed by atoms with Crippen LogP contribution in [0.2, 0.25) is 0 Å². The first-order valence-corrected chi connectivity index (χ1v) is 6.70. The number of ether oxygens (including phenoxy) is 2. The van der Waals surface area contributed by atoms with E-state index in [2.05, 4.69) is 4.74 Å². The van der Waals surface area contributed by atoms with Gasteiger partial charge in [-0.15, -0.1) is 0 Å². The zero-order valence-electron chi connectivity index (χ0n) is 12.5. The number of carbonyl (C=O) groups excluding carboxylic acids is 1. The Morgan fingerprint density at radius 1 is 1.10 bits per heavy atom. The molecule has 2 aromatic rings. The van der Waals surface area contributed by atoms with Crippen molar-refractivity contribution in [2.45, 2.75) is 6.42 Å². The minimum absolute atomic E-state index is 0.239. The molecule has 110 valence electrons. The molecule has 4 heteroatoms. The van der Waals surface area contributed by atoms with Crippen molar-refractivity contribution in [3.05, 3.63) is 54.1 Å². The molecule has 2 rings (SSSR count). The maximum absolute atomic E-state index is 11.3. The highest BCUT2D eigenvalue weighted by molar-refractivity contribution is 5.72. The van der Waals surface area contributed by atoms with E-state index in [9.17, 15) is 4.79 Å². The second-order valence-electron chi connectivity index (χ2n) is 4.86. The Morgan fingerprint density at radius 2 is 1.86 bits per heavy atom. The molecule has 0 aliphatic heterocycles. The molecular weight excluding hydrogens is 266 g/mol. The Labute approximate surface area is 124 Å². The zero-order chi connectivity index (χ0) is 15.2. The van der Waals surface area contributed by atoms with Gasteiger partial charge in [0.1, 0.15) is 5.75 Å². The molecule has 21 heavy (non-hydrogen) atoms. The van der Waals surface area contributed by atoms with Crippen LogP contribution in [0.25, 0.3) is 0 Å². The number of carbonyl (C=O) groups is 1. The molecule has 0 N–H and O–H groups in total. The van der Waals surface area contributed by atoms with E-state index in [1.807, 2.05) is 67.5 Å². The minimum atomic E-state index is -0.263.